The second-order valence-corrected chi connectivity index (χ2v) is 6.30. The van der Waals surface area contributed by atoms with E-state index in [1.165, 1.54) is 11.3 Å². The molecule has 1 aromatic carbocycles. The highest BCUT2D eigenvalue weighted by Crippen LogP contribution is 2.21. The van der Waals surface area contributed by atoms with Crippen LogP contribution in [0, 0.1) is 0 Å². The summed E-state index contributed by atoms with van der Waals surface area (Å²) in [6, 6.07) is 8.82. The van der Waals surface area contributed by atoms with Gasteiger partial charge >= 0.3 is 6.03 Å². The van der Waals surface area contributed by atoms with E-state index in [9.17, 15) is 4.79 Å². The van der Waals surface area contributed by atoms with Crippen LogP contribution in [0.1, 0.15) is 31.7 Å². The monoisotopic (exact) mass is 319 g/mol. The summed E-state index contributed by atoms with van der Waals surface area (Å²) in [5.74, 6) is 0.558. The Labute approximate surface area is 139 Å². The molecule has 1 N–H and O–H groups in total. The third-order valence-electron chi connectivity index (χ3n) is 4.29. The first-order valence-corrected chi connectivity index (χ1v) is 8.48. The van der Waals surface area contributed by atoms with Gasteiger partial charge in [0.1, 0.15) is 0 Å². The van der Waals surface area contributed by atoms with Gasteiger partial charge in [0.2, 0.25) is 0 Å². The van der Waals surface area contributed by atoms with Crippen molar-refractivity contribution < 1.29 is 9.53 Å². The molecule has 0 spiro atoms. The Hall–Kier alpha value is -1.75. The molecule has 0 aromatic heterocycles. The zero-order valence-corrected chi connectivity index (χ0v) is 14.5. The molecule has 2 amide bonds. The van der Waals surface area contributed by atoms with Crippen LogP contribution in [0.2, 0.25) is 0 Å². The molecule has 0 aliphatic carbocycles. The molecule has 1 aliphatic rings. The normalized spacial score (nSPS) is 15.1. The van der Waals surface area contributed by atoms with Crippen molar-refractivity contribution in [3.05, 3.63) is 29.8 Å². The molecule has 5 heteroatoms. The quantitative estimate of drug-likeness (QED) is 0.820. The van der Waals surface area contributed by atoms with Gasteiger partial charge < -0.3 is 19.9 Å². The van der Waals surface area contributed by atoms with E-state index >= 15 is 0 Å². The maximum absolute atomic E-state index is 12.1. The van der Waals surface area contributed by atoms with Gasteiger partial charge in [-0.3, -0.25) is 0 Å². The molecule has 0 bridgehead atoms. The van der Waals surface area contributed by atoms with Crippen LogP contribution in [0.25, 0.3) is 0 Å². The van der Waals surface area contributed by atoms with Crippen molar-refractivity contribution in [2.75, 3.05) is 51.3 Å². The minimum absolute atomic E-state index is 0.0379. The van der Waals surface area contributed by atoms with Crippen LogP contribution < -0.4 is 10.2 Å². The van der Waals surface area contributed by atoms with Crippen molar-refractivity contribution in [3.63, 3.8) is 0 Å². The Bertz CT molecular complexity index is 480. The summed E-state index contributed by atoms with van der Waals surface area (Å²) >= 11 is 0. The smallest absolute Gasteiger partial charge is 0.317 e. The number of hydrogen-bond donors (Lipinski definition) is 1. The molecular weight excluding hydrogens is 290 g/mol. The summed E-state index contributed by atoms with van der Waals surface area (Å²) in [7, 11) is 1.68. The van der Waals surface area contributed by atoms with Gasteiger partial charge in [-0.2, -0.15) is 0 Å². The zero-order valence-electron chi connectivity index (χ0n) is 14.5. The molecular formula is C18H29N3O2. The fourth-order valence-corrected chi connectivity index (χ4v) is 2.76. The largest absolute Gasteiger partial charge is 0.385 e. The first kappa shape index (κ1) is 17.6. The number of ether oxygens (including phenoxy) is 1. The van der Waals surface area contributed by atoms with E-state index in [4.69, 9.17) is 4.74 Å². The number of benzene rings is 1. The number of anilines is 1. The molecule has 0 radical (unpaired) electrons. The zero-order chi connectivity index (χ0) is 16.7. The maximum atomic E-state index is 12.1. The predicted octanol–water partition coefficient (Wildman–Crippen LogP) is 2.68. The second kappa shape index (κ2) is 8.77. The van der Waals surface area contributed by atoms with Crippen LogP contribution in [0.5, 0.6) is 0 Å². The van der Waals surface area contributed by atoms with Crippen LogP contribution in [-0.2, 0) is 4.74 Å². The summed E-state index contributed by atoms with van der Waals surface area (Å²) in [5.41, 5.74) is 2.61. The van der Waals surface area contributed by atoms with Gasteiger partial charge in [-0.1, -0.05) is 26.0 Å². The molecule has 0 atom stereocenters. The molecule has 2 rings (SSSR count). The lowest BCUT2D eigenvalue weighted by Gasteiger charge is -2.36. The van der Waals surface area contributed by atoms with Crippen LogP contribution in [0.4, 0.5) is 10.5 Å². The fraction of sp³-hybridized carbons (Fsp3) is 0.611. The molecule has 1 fully saturated rings. The average Bonchev–Trinajstić information content (AvgIpc) is 2.59. The minimum Gasteiger partial charge on any atom is -0.385 e. The Morgan fingerprint density at radius 1 is 1.17 bits per heavy atom. The summed E-state index contributed by atoms with van der Waals surface area (Å²) in [6.45, 7) is 9.06. The summed E-state index contributed by atoms with van der Waals surface area (Å²) < 4.78 is 4.98. The lowest BCUT2D eigenvalue weighted by molar-refractivity contribution is 0.183. The number of nitrogens with zero attached hydrogens (tertiary/aromatic N) is 2. The fourth-order valence-electron chi connectivity index (χ4n) is 2.76. The molecule has 1 saturated heterocycles. The first-order chi connectivity index (χ1) is 11.1. The third kappa shape index (κ3) is 5.13. The number of rotatable bonds is 6. The minimum atomic E-state index is 0.0379. The van der Waals surface area contributed by atoms with Gasteiger partial charge in [0.15, 0.2) is 0 Å². The summed E-state index contributed by atoms with van der Waals surface area (Å²) in [5, 5.41) is 2.95. The number of amides is 2. The molecule has 0 unspecified atom stereocenters. The lowest BCUT2D eigenvalue weighted by atomic mass is 10.0. The third-order valence-corrected chi connectivity index (χ3v) is 4.29. The maximum Gasteiger partial charge on any atom is 0.317 e. The molecule has 0 saturated carbocycles. The topological polar surface area (TPSA) is 44.8 Å². The van der Waals surface area contributed by atoms with E-state index in [-0.39, 0.29) is 6.03 Å². The molecule has 1 heterocycles. The SMILES string of the molecule is COCCCNC(=O)N1CCN(c2ccc(C(C)C)cc2)CC1. The lowest BCUT2D eigenvalue weighted by Crippen LogP contribution is -2.52. The van der Waals surface area contributed by atoms with Gasteiger partial charge in [0, 0.05) is 52.1 Å². The van der Waals surface area contributed by atoms with E-state index in [1.54, 1.807) is 7.11 Å². The van der Waals surface area contributed by atoms with Crippen molar-refractivity contribution in [2.24, 2.45) is 0 Å². The molecule has 1 aliphatic heterocycles. The van der Waals surface area contributed by atoms with E-state index in [1.807, 2.05) is 4.90 Å². The number of carbonyl (C=O) groups excluding carboxylic acids is 1. The molecule has 23 heavy (non-hydrogen) atoms. The Kier molecular flexibility index (Phi) is 6.71. The molecule has 1 aromatic rings. The number of piperazine rings is 1. The second-order valence-electron chi connectivity index (χ2n) is 6.30. The number of carbonyl (C=O) groups is 1. The van der Waals surface area contributed by atoms with Gasteiger partial charge in [-0.25, -0.2) is 4.79 Å². The number of methoxy groups -OCH3 is 1. The predicted molar refractivity (Wildman–Crippen MR) is 94.2 cm³/mol. The standard InChI is InChI=1S/C18H29N3O2/c1-15(2)16-5-7-17(8-6-16)20-10-12-21(13-11-20)18(22)19-9-4-14-23-3/h5-8,15H,4,9-14H2,1-3H3,(H,19,22). The van der Waals surface area contributed by atoms with E-state index in [2.05, 4.69) is 48.3 Å². The van der Waals surface area contributed by atoms with Crippen molar-refractivity contribution in [1.29, 1.82) is 0 Å². The Morgan fingerprint density at radius 3 is 2.39 bits per heavy atom. The van der Waals surface area contributed by atoms with Crippen molar-refractivity contribution in [2.45, 2.75) is 26.2 Å². The van der Waals surface area contributed by atoms with Gasteiger partial charge in [0.25, 0.3) is 0 Å². The van der Waals surface area contributed by atoms with Crippen molar-refractivity contribution >= 4 is 11.7 Å². The van der Waals surface area contributed by atoms with Gasteiger partial charge in [-0.05, 0) is 30.0 Å². The number of nitrogens with one attached hydrogen (secondary N) is 1. The first-order valence-electron chi connectivity index (χ1n) is 8.48. The highest BCUT2D eigenvalue weighted by atomic mass is 16.5. The highest BCUT2D eigenvalue weighted by molar-refractivity contribution is 5.74. The van der Waals surface area contributed by atoms with E-state index in [0.717, 1.165) is 32.6 Å². The number of hydrogen-bond acceptors (Lipinski definition) is 3. The van der Waals surface area contributed by atoms with Crippen LogP contribution in [0.15, 0.2) is 24.3 Å². The van der Waals surface area contributed by atoms with Crippen molar-refractivity contribution in [3.8, 4) is 0 Å². The van der Waals surface area contributed by atoms with E-state index in [0.29, 0.717) is 19.1 Å². The van der Waals surface area contributed by atoms with Crippen LogP contribution >= 0.6 is 0 Å². The van der Waals surface area contributed by atoms with Crippen molar-refractivity contribution in [1.82, 2.24) is 10.2 Å². The van der Waals surface area contributed by atoms with E-state index < -0.39 is 0 Å². The molecule has 5 nitrogen and oxygen atoms in total. The summed E-state index contributed by atoms with van der Waals surface area (Å²) in [4.78, 5) is 16.3. The Morgan fingerprint density at radius 2 is 1.83 bits per heavy atom. The summed E-state index contributed by atoms with van der Waals surface area (Å²) in [6.07, 6.45) is 0.852. The Balaban J connectivity index is 1.78. The van der Waals surface area contributed by atoms with Gasteiger partial charge in [-0.15, -0.1) is 0 Å². The van der Waals surface area contributed by atoms with Gasteiger partial charge in [0.05, 0.1) is 0 Å². The highest BCUT2D eigenvalue weighted by Gasteiger charge is 2.20. The average molecular weight is 319 g/mol. The number of urea groups is 1. The molecule has 128 valence electrons. The van der Waals surface area contributed by atoms with Crippen LogP contribution in [-0.4, -0.2) is 57.4 Å². The van der Waals surface area contributed by atoms with Crippen LogP contribution in [0.3, 0.4) is 0 Å².